The first-order valence-electron chi connectivity index (χ1n) is 9.98. The molecule has 1 aromatic heterocycles. The number of carbonyl (C=O) groups is 1. The van der Waals surface area contributed by atoms with Crippen molar-refractivity contribution in [2.24, 2.45) is 5.92 Å². The average molecular weight is 459 g/mol. The predicted octanol–water partition coefficient (Wildman–Crippen LogP) is 5.40. The number of aromatic nitrogens is 1. The first-order chi connectivity index (χ1) is 15.0. The SMILES string of the molecule is CC(C)CN(Cc1csc(COc2ccc(Cl)cc2)n1)C(=O)c1ccc2c(c1)OCO2. The molecule has 0 atom stereocenters. The maximum absolute atomic E-state index is 13.2. The molecule has 0 aliphatic carbocycles. The minimum absolute atomic E-state index is 0.0565. The number of hydrogen-bond acceptors (Lipinski definition) is 6. The van der Waals surface area contributed by atoms with Gasteiger partial charge in [-0.05, 0) is 48.4 Å². The molecule has 0 fully saturated rings. The number of amides is 1. The van der Waals surface area contributed by atoms with E-state index in [-0.39, 0.29) is 12.7 Å². The van der Waals surface area contributed by atoms with Gasteiger partial charge in [0.2, 0.25) is 6.79 Å². The van der Waals surface area contributed by atoms with E-state index >= 15 is 0 Å². The number of thiazole rings is 1. The lowest BCUT2D eigenvalue weighted by molar-refractivity contribution is 0.0720. The summed E-state index contributed by atoms with van der Waals surface area (Å²) < 4.78 is 16.5. The van der Waals surface area contributed by atoms with Gasteiger partial charge in [0.05, 0.1) is 12.2 Å². The number of ether oxygens (including phenoxy) is 3. The molecule has 0 spiro atoms. The first-order valence-corrected chi connectivity index (χ1v) is 11.2. The average Bonchev–Trinajstić information content (AvgIpc) is 3.40. The first kappa shape index (κ1) is 21.5. The molecular formula is C23H23ClN2O4S. The number of rotatable bonds is 8. The molecule has 2 aromatic carbocycles. The van der Waals surface area contributed by atoms with Gasteiger partial charge in [0, 0.05) is 22.5 Å². The van der Waals surface area contributed by atoms with Crippen LogP contribution in [0.5, 0.6) is 17.2 Å². The number of hydrogen-bond donors (Lipinski definition) is 0. The minimum Gasteiger partial charge on any atom is -0.486 e. The zero-order chi connectivity index (χ0) is 21.8. The summed E-state index contributed by atoms with van der Waals surface area (Å²) in [7, 11) is 0. The largest absolute Gasteiger partial charge is 0.486 e. The van der Waals surface area contributed by atoms with Crippen molar-refractivity contribution in [1.29, 1.82) is 0 Å². The predicted molar refractivity (Wildman–Crippen MR) is 120 cm³/mol. The second-order valence-electron chi connectivity index (χ2n) is 7.62. The molecule has 1 amide bonds. The molecule has 8 heteroatoms. The highest BCUT2D eigenvalue weighted by molar-refractivity contribution is 7.09. The van der Waals surface area contributed by atoms with Gasteiger partial charge in [0.15, 0.2) is 11.5 Å². The maximum atomic E-state index is 13.2. The van der Waals surface area contributed by atoms with E-state index in [1.807, 2.05) is 22.4 Å². The van der Waals surface area contributed by atoms with Crippen molar-refractivity contribution in [2.45, 2.75) is 27.0 Å². The highest BCUT2D eigenvalue weighted by Gasteiger charge is 2.22. The molecule has 4 rings (SSSR count). The molecule has 0 N–H and O–H groups in total. The monoisotopic (exact) mass is 458 g/mol. The number of benzene rings is 2. The summed E-state index contributed by atoms with van der Waals surface area (Å²) in [5.74, 6) is 2.27. The standard InChI is InChI=1S/C23H23ClN2O4S/c1-15(2)10-26(23(27)16-3-8-20-21(9-16)30-14-29-20)11-18-13-31-22(25-18)12-28-19-6-4-17(24)5-7-19/h3-9,13,15H,10-12,14H2,1-2H3. The molecule has 2 heterocycles. The lowest BCUT2D eigenvalue weighted by Gasteiger charge is -2.24. The third kappa shape index (κ3) is 5.48. The van der Waals surface area contributed by atoms with E-state index in [1.54, 1.807) is 30.3 Å². The van der Waals surface area contributed by atoms with E-state index in [0.717, 1.165) is 16.5 Å². The van der Waals surface area contributed by atoms with Crippen LogP contribution in [-0.2, 0) is 13.2 Å². The van der Waals surface area contributed by atoms with Gasteiger partial charge < -0.3 is 19.1 Å². The van der Waals surface area contributed by atoms with Crippen molar-refractivity contribution >= 4 is 28.8 Å². The lowest BCUT2D eigenvalue weighted by atomic mass is 10.1. The Labute approximate surface area is 190 Å². The number of nitrogens with zero attached hydrogens (tertiary/aromatic N) is 2. The van der Waals surface area contributed by atoms with Gasteiger partial charge in [-0.2, -0.15) is 0 Å². The Balaban J connectivity index is 1.43. The maximum Gasteiger partial charge on any atom is 0.254 e. The van der Waals surface area contributed by atoms with Crippen LogP contribution < -0.4 is 14.2 Å². The second-order valence-corrected chi connectivity index (χ2v) is 9.00. The molecule has 6 nitrogen and oxygen atoms in total. The van der Waals surface area contributed by atoms with Crippen molar-refractivity contribution in [3.05, 3.63) is 69.1 Å². The molecule has 1 aliphatic heterocycles. The molecule has 3 aromatic rings. The van der Waals surface area contributed by atoms with Crippen LogP contribution in [0.3, 0.4) is 0 Å². The molecule has 31 heavy (non-hydrogen) atoms. The van der Waals surface area contributed by atoms with Gasteiger partial charge in [-0.15, -0.1) is 11.3 Å². The van der Waals surface area contributed by atoms with Crippen molar-refractivity contribution in [1.82, 2.24) is 9.88 Å². The zero-order valence-electron chi connectivity index (χ0n) is 17.3. The third-order valence-electron chi connectivity index (χ3n) is 4.62. The summed E-state index contributed by atoms with van der Waals surface area (Å²) in [6.45, 7) is 5.79. The number of carbonyl (C=O) groups excluding carboxylic acids is 1. The Morgan fingerprint density at radius 2 is 1.97 bits per heavy atom. The normalized spacial score (nSPS) is 12.3. The Morgan fingerprint density at radius 1 is 1.19 bits per heavy atom. The smallest absolute Gasteiger partial charge is 0.254 e. The lowest BCUT2D eigenvalue weighted by Crippen LogP contribution is -2.33. The summed E-state index contributed by atoms with van der Waals surface area (Å²) in [6.07, 6.45) is 0. The van der Waals surface area contributed by atoms with Gasteiger partial charge in [0.1, 0.15) is 17.4 Å². The van der Waals surface area contributed by atoms with Gasteiger partial charge in [-0.3, -0.25) is 4.79 Å². The summed E-state index contributed by atoms with van der Waals surface area (Å²) in [5, 5.41) is 3.49. The Bertz CT molecular complexity index is 1050. The van der Waals surface area contributed by atoms with Crippen LogP contribution >= 0.6 is 22.9 Å². The van der Waals surface area contributed by atoms with Gasteiger partial charge in [-0.25, -0.2) is 4.98 Å². The van der Waals surface area contributed by atoms with Crippen LogP contribution in [0.25, 0.3) is 0 Å². The zero-order valence-corrected chi connectivity index (χ0v) is 18.9. The second kappa shape index (κ2) is 9.58. The van der Waals surface area contributed by atoms with Crippen LogP contribution in [0.15, 0.2) is 47.8 Å². The van der Waals surface area contributed by atoms with E-state index in [1.165, 1.54) is 11.3 Å². The summed E-state index contributed by atoms with van der Waals surface area (Å²) >= 11 is 7.42. The minimum atomic E-state index is -0.0565. The van der Waals surface area contributed by atoms with Crippen LogP contribution in [0.4, 0.5) is 0 Å². The fourth-order valence-corrected chi connectivity index (χ4v) is 4.05. The van der Waals surface area contributed by atoms with Crippen molar-refractivity contribution < 1.29 is 19.0 Å². The molecule has 162 valence electrons. The van der Waals surface area contributed by atoms with Crippen LogP contribution in [0.1, 0.15) is 34.9 Å². The topological polar surface area (TPSA) is 60.9 Å². The van der Waals surface area contributed by atoms with Gasteiger partial charge in [0.25, 0.3) is 5.91 Å². The van der Waals surface area contributed by atoms with Crippen molar-refractivity contribution in [2.75, 3.05) is 13.3 Å². The van der Waals surface area contributed by atoms with Crippen molar-refractivity contribution in [3.8, 4) is 17.2 Å². The van der Waals surface area contributed by atoms with Gasteiger partial charge >= 0.3 is 0 Å². The Hall–Kier alpha value is -2.77. The van der Waals surface area contributed by atoms with E-state index in [4.69, 9.17) is 25.8 Å². The molecule has 0 saturated heterocycles. The fourth-order valence-electron chi connectivity index (χ4n) is 3.23. The van der Waals surface area contributed by atoms with Crippen molar-refractivity contribution in [3.63, 3.8) is 0 Å². The third-order valence-corrected chi connectivity index (χ3v) is 5.74. The molecule has 0 radical (unpaired) electrons. The van der Waals surface area contributed by atoms with Crippen LogP contribution in [-0.4, -0.2) is 29.1 Å². The fraction of sp³-hybridized carbons (Fsp3) is 0.304. The number of halogens is 1. The van der Waals surface area contributed by atoms with E-state index in [0.29, 0.717) is 47.7 Å². The molecule has 0 unspecified atom stereocenters. The molecule has 1 aliphatic rings. The number of fused-ring (bicyclic) bond motifs is 1. The van der Waals surface area contributed by atoms with Crippen LogP contribution in [0, 0.1) is 5.92 Å². The summed E-state index contributed by atoms with van der Waals surface area (Å²) in [6, 6.07) is 12.5. The molecule has 0 bridgehead atoms. The van der Waals surface area contributed by atoms with E-state index < -0.39 is 0 Å². The quantitative estimate of drug-likeness (QED) is 0.452. The highest BCUT2D eigenvalue weighted by atomic mass is 35.5. The molecular weight excluding hydrogens is 436 g/mol. The van der Waals surface area contributed by atoms with E-state index in [2.05, 4.69) is 18.8 Å². The molecule has 0 saturated carbocycles. The van der Waals surface area contributed by atoms with Crippen LogP contribution in [0.2, 0.25) is 5.02 Å². The Morgan fingerprint density at radius 3 is 2.74 bits per heavy atom. The summed E-state index contributed by atoms with van der Waals surface area (Å²) in [4.78, 5) is 19.7. The van der Waals surface area contributed by atoms with Gasteiger partial charge in [-0.1, -0.05) is 25.4 Å². The highest BCUT2D eigenvalue weighted by Crippen LogP contribution is 2.33. The Kier molecular flexibility index (Phi) is 6.63. The van der Waals surface area contributed by atoms with E-state index in [9.17, 15) is 4.79 Å². The summed E-state index contributed by atoms with van der Waals surface area (Å²) in [5.41, 5.74) is 1.42.